The summed E-state index contributed by atoms with van der Waals surface area (Å²) < 4.78 is 38.7. The van der Waals surface area contributed by atoms with Crippen LogP contribution in [-0.2, 0) is 28.4 Å². The number of benzene rings is 4. The average molecular weight is 975 g/mol. The SMILES string of the molecule is CC(C)[C@@H](C)/C=C/[C@@H](C)C1CC[C@H]2C3=CC=C4C[C@@H](O[C@@H]5OC(COC(=O)c6ccccc6)[C@@H](OC(=O)c6ccccc6)C(OC(=O)c6ccccc6)C5OC(=O)c5ccccc5)CC[C@]4(C)C3CC[C@]12C. The van der Waals surface area contributed by atoms with Crippen molar-refractivity contribution >= 4 is 23.9 Å². The Kier molecular flexibility index (Phi) is 15.5. The molecular weight excluding hydrogens is 905 g/mol. The van der Waals surface area contributed by atoms with Crippen molar-refractivity contribution in [1.82, 2.24) is 0 Å². The van der Waals surface area contributed by atoms with Crippen LogP contribution in [0.25, 0.3) is 0 Å². The first kappa shape index (κ1) is 50.8. The van der Waals surface area contributed by atoms with E-state index < -0.39 is 67.3 Å². The molecular formula is C62H70O10. The van der Waals surface area contributed by atoms with Crippen LogP contribution in [0.5, 0.6) is 0 Å². The summed E-state index contributed by atoms with van der Waals surface area (Å²) in [4.78, 5) is 56.0. The minimum atomic E-state index is -1.49. The van der Waals surface area contributed by atoms with E-state index in [1.165, 1.54) is 24.8 Å². The average Bonchev–Trinajstić information content (AvgIpc) is 3.77. The third-order valence-electron chi connectivity index (χ3n) is 17.1. The molecule has 4 aliphatic carbocycles. The highest BCUT2D eigenvalue weighted by Crippen LogP contribution is 2.66. The fourth-order valence-electron chi connectivity index (χ4n) is 12.5. The molecule has 10 heteroatoms. The van der Waals surface area contributed by atoms with Crippen LogP contribution in [0.2, 0.25) is 0 Å². The van der Waals surface area contributed by atoms with Crippen molar-refractivity contribution in [2.24, 2.45) is 46.3 Å². The van der Waals surface area contributed by atoms with Gasteiger partial charge >= 0.3 is 23.9 Å². The number of hydrogen-bond donors (Lipinski definition) is 0. The van der Waals surface area contributed by atoms with Crippen molar-refractivity contribution in [2.45, 2.75) is 123 Å². The monoisotopic (exact) mass is 974 g/mol. The van der Waals surface area contributed by atoms with Gasteiger partial charge in [-0.3, -0.25) is 0 Å². The lowest BCUT2D eigenvalue weighted by Gasteiger charge is -2.55. The van der Waals surface area contributed by atoms with Gasteiger partial charge in [0.2, 0.25) is 0 Å². The molecule has 13 atom stereocenters. The summed E-state index contributed by atoms with van der Waals surface area (Å²) in [6.07, 6.45) is 9.30. The second-order valence-electron chi connectivity index (χ2n) is 21.7. The molecule has 0 radical (unpaired) electrons. The minimum Gasteiger partial charge on any atom is -0.459 e. The van der Waals surface area contributed by atoms with Gasteiger partial charge < -0.3 is 28.4 Å². The molecule has 3 saturated carbocycles. The number of fused-ring (bicyclic) bond motifs is 5. The van der Waals surface area contributed by atoms with Crippen LogP contribution in [0.4, 0.5) is 0 Å². The number of esters is 4. The van der Waals surface area contributed by atoms with Crippen molar-refractivity contribution in [3.05, 3.63) is 179 Å². The quantitative estimate of drug-likeness (QED) is 0.0646. The molecule has 72 heavy (non-hydrogen) atoms. The van der Waals surface area contributed by atoms with Crippen LogP contribution in [0, 0.1) is 46.3 Å². The summed E-state index contributed by atoms with van der Waals surface area (Å²) in [6.45, 7) is 13.9. The van der Waals surface area contributed by atoms with Gasteiger partial charge in [0.1, 0.15) is 12.7 Å². The molecule has 5 unspecified atom stereocenters. The Morgan fingerprint density at radius 1 is 0.597 bits per heavy atom. The maximum absolute atomic E-state index is 14.2. The molecule has 4 aromatic rings. The van der Waals surface area contributed by atoms with Crippen LogP contribution < -0.4 is 0 Å². The molecule has 1 heterocycles. The van der Waals surface area contributed by atoms with Crippen molar-refractivity contribution in [3.63, 3.8) is 0 Å². The summed E-state index contributed by atoms with van der Waals surface area (Å²) in [6, 6.07) is 33.7. The third-order valence-corrected chi connectivity index (χ3v) is 17.1. The zero-order valence-corrected chi connectivity index (χ0v) is 42.5. The largest absolute Gasteiger partial charge is 0.459 e. The lowest BCUT2D eigenvalue weighted by atomic mass is 9.50. The Morgan fingerprint density at radius 3 is 1.68 bits per heavy atom. The number of hydrogen-bond acceptors (Lipinski definition) is 10. The van der Waals surface area contributed by atoms with E-state index in [1.54, 1.807) is 127 Å². The van der Waals surface area contributed by atoms with Gasteiger partial charge in [-0.05, 0) is 140 Å². The number of rotatable bonds is 15. The van der Waals surface area contributed by atoms with Gasteiger partial charge in [-0.15, -0.1) is 0 Å². The third kappa shape index (κ3) is 10.7. The smallest absolute Gasteiger partial charge is 0.338 e. The molecule has 5 aliphatic rings. The summed E-state index contributed by atoms with van der Waals surface area (Å²) in [5.74, 6) is 0.460. The molecule has 1 saturated heterocycles. The van der Waals surface area contributed by atoms with Gasteiger partial charge in [0.25, 0.3) is 0 Å². The first-order valence-electron chi connectivity index (χ1n) is 26.1. The van der Waals surface area contributed by atoms with Gasteiger partial charge in [0.05, 0.1) is 28.4 Å². The van der Waals surface area contributed by atoms with E-state index in [0.717, 1.165) is 12.8 Å². The number of ether oxygens (including phenoxy) is 6. The molecule has 1 aliphatic heterocycles. The Morgan fingerprint density at radius 2 is 1.12 bits per heavy atom. The predicted molar refractivity (Wildman–Crippen MR) is 275 cm³/mol. The van der Waals surface area contributed by atoms with Gasteiger partial charge in [0, 0.05) is 0 Å². The molecule has 4 fully saturated rings. The van der Waals surface area contributed by atoms with Crippen LogP contribution in [0.15, 0.2) is 157 Å². The molecule has 0 bridgehead atoms. The summed E-state index contributed by atoms with van der Waals surface area (Å²) in [7, 11) is 0. The molecule has 9 rings (SSSR count). The number of carbonyl (C=O) groups is 4. The van der Waals surface area contributed by atoms with Crippen molar-refractivity contribution in [2.75, 3.05) is 6.61 Å². The van der Waals surface area contributed by atoms with Gasteiger partial charge in [-0.25, -0.2) is 19.2 Å². The van der Waals surface area contributed by atoms with Gasteiger partial charge in [0.15, 0.2) is 24.6 Å². The highest BCUT2D eigenvalue weighted by atomic mass is 16.7. The summed E-state index contributed by atoms with van der Waals surface area (Å²) in [5, 5.41) is 0. The molecule has 4 aromatic carbocycles. The van der Waals surface area contributed by atoms with Crippen molar-refractivity contribution in [3.8, 4) is 0 Å². The van der Waals surface area contributed by atoms with E-state index in [-0.39, 0.29) is 27.5 Å². The zero-order chi connectivity index (χ0) is 50.6. The lowest BCUT2D eigenvalue weighted by molar-refractivity contribution is -0.310. The minimum absolute atomic E-state index is 0.0627. The second kappa shape index (κ2) is 21.9. The molecule has 0 amide bonds. The maximum Gasteiger partial charge on any atom is 0.338 e. The van der Waals surface area contributed by atoms with Crippen LogP contribution in [0.1, 0.15) is 128 Å². The predicted octanol–water partition coefficient (Wildman–Crippen LogP) is 12.6. The molecule has 10 nitrogen and oxygen atoms in total. The Hall–Kier alpha value is -6.10. The van der Waals surface area contributed by atoms with Crippen LogP contribution in [0.3, 0.4) is 0 Å². The van der Waals surface area contributed by atoms with E-state index in [4.69, 9.17) is 28.4 Å². The lowest BCUT2D eigenvalue weighted by Crippen LogP contribution is -2.63. The highest BCUT2D eigenvalue weighted by molar-refractivity contribution is 5.91. The topological polar surface area (TPSA) is 124 Å². The van der Waals surface area contributed by atoms with Crippen LogP contribution >= 0.6 is 0 Å². The van der Waals surface area contributed by atoms with E-state index >= 15 is 0 Å². The van der Waals surface area contributed by atoms with Gasteiger partial charge in [-0.2, -0.15) is 0 Å². The Balaban J connectivity index is 1.03. The van der Waals surface area contributed by atoms with Crippen molar-refractivity contribution < 1.29 is 47.6 Å². The normalized spacial score (nSPS) is 30.6. The number of allylic oxidation sites excluding steroid dienone is 5. The summed E-state index contributed by atoms with van der Waals surface area (Å²) >= 11 is 0. The first-order valence-corrected chi connectivity index (χ1v) is 26.1. The molecule has 378 valence electrons. The first-order chi connectivity index (χ1) is 34.7. The van der Waals surface area contributed by atoms with E-state index in [0.29, 0.717) is 53.9 Å². The second-order valence-corrected chi connectivity index (χ2v) is 21.7. The molecule has 0 N–H and O–H groups in total. The Bertz CT molecular complexity index is 2630. The zero-order valence-electron chi connectivity index (χ0n) is 42.5. The molecule has 0 aromatic heterocycles. The van der Waals surface area contributed by atoms with E-state index in [1.807, 2.05) is 0 Å². The maximum atomic E-state index is 14.2. The van der Waals surface area contributed by atoms with Crippen molar-refractivity contribution in [1.29, 1.82) is 0 Å². The van der Waals surface area contributed by atoms with E-state index in [2.05, 4.69) is 65.8 Å². The van der Waals surface area contributed by atoms with Gasteiger partial charge in [-0.1, -0.05) is 150 Å². The standard InChI is InChI=1S/C62H70O10/c1-39(2)40(3)27-28-41(4)49-31-32-50-48-30-29-46-37-47(33-35-61(46,5)51(48)34-36-62(49,50)6)68-60-55(72-59(66)45-25-17-10-18-26-45)54(71-58(65)44-23-15-9-16-24-44)53(70-57(64)43-21-13-8-14-22-43)52(69-60)38-67-56(63)42-19-11-7-12-20-42/h7-30,39-41,47,49-55,60H,31-38H2,1-6H3/b28-27+/t40-,41+,47-,49?,50-,51?,52?,53+,54?,55?,60+,61-,62+/m0/s1. The summed E-state index contributed by atoms with van der Waals surface area (Å²) in [5.41, 5.74) is 4.10. The molecule has 0 spiro atoms. The fraction of sp³-hybridized carbons (Fsp3) is 0.452. The van der Waals surface area contributed by atoms with E-state index in [9.17, 15) is 19.2 Å². The fourth-order valence-corrected chi connectivity index (χ4v) is 12.5. The van der Waals surface area contributed by atoms with Crippen LogP contribution in [-0.4, -0.2) is 67.3 Å². The highest BCUT2D eigenvalue weighted by Gasteiger charge is 2.58. The Labute approximate surface area is 425 Å². The number of carbonyl (C=O) groups excluding carboxylic acids is 4.